The van der Waals surface area contributed by atoms with Gasteiger partial charge in [-0.2, -0.15) is 13.2 Å². The molecular weight excluding hydrogens is 583 g/mol. The molecule has 1 aromatic heterocycles. The molecule has 0 radical (unpaired) electrons. The molecule has 0 bridgehead atoms. The van der Waals surface area contributed by atoms with Crippen LogP contribution in [0.25, 0.3) is 10.9 Å². The molecule has 218 valence electrons. The van der Waals surface area contributed by atoms with Gasteiger partial charge in [-0.25, -0.2) is 13.4 Å². The number of likely N-dealkylation sites (tertiary alicyclic amines) is 1. The molecule has 1 unspecified atom stereocenters. The number of halogens is 4. The van der Waals surface area contributed by atoms with Crippen molar-refractivity contribution in [2.75, 3.05) is 29.4 Å². The molecule has 3 N–H and O–H groups in total. The molecule has 41 heavy (non-hydrogen) atoms. The Balaban J connectivity index is 1.41. The summed E-state index contributed by atoms with van der Waals surface area (Å²) in [5.74, 6) is -0.637. The number of benzene rings is 2. The van der Waals surface area contributed by atoms with Gasteiger partial charge in [0, 0.05) is 58.4 Å². The lowest BCUT2D eigenvalue weighted by molar-refractivity contribution is -0.141. The van der Waals surface area contributed by atoms with Crippen LogP contribution in [0.4, 0.5) is 24.5 Å². The first kappa shape index (κ1) is 28.9. The molecule has 2 atom stereocenters. The highest BCUT2D eigenvalue weighted by molar-refractivity contribution is 7.92. The van der Waals surface area contributed by atoms with Crippen molar-refractivity contribution in [2.45, 2.75) is 37.5 Å². The monoisotopic (exact) mass is 609 g/mol. The first-order chi connectivity index (χ1) is 19.2. The number of amides is 2. The van der Waals surface area contributed by atoms with Crippen LogP contribution in [0.15, 0.2) is 48.5 Å². The number of pyridine rings is 1. The maximum atomic E-state index is 13.6. The summed E-state index contributed by atoms with van der Waals surface area (Å²) in [4.78, 5) is 31.5. The smallest absolute Gasteiger partial charge is 0.380 e. The van der Waals surface area contributed by atoms with Crippen molar-refractivity contribution in [1.82, 2.24) is 15.2 Å². The van der Waals surface area contributed by atoms with E-state index in [0.717, 1.165) is 25.2 Å². The van der Waals surface area contributed by atoms with Gasteiger partial charge >= 0.3 is 6.18 Å². The van der Waals surface area contributed by atoms with Gasteiger partial charge in [0.05, 0.1) is 11.8 Å². The second-order valence-electron chi connectivity index (χ2n) is 10.4. The minimum absolute atomic E-state index is 0.0614. The van der Waals surface area contributed by atoms with E-state index in [-0.39, 0.29) is 47.4 Å². The van der Waals surface area contributed by atoms with Crippen molar-refractivity contribution in [3.8, 4) is 0 Å². The molecule has 3 aromatic rings. The van der Waals surface area contributed by atoms with Crippen LogP contribution in [0.2, 0.25) is 5.02 Å². The van der Waals surface area contributed by atoms with Gasteiger partial charge in [0.25, 0.3) is 5.91 Å². The number of aromatic nitrogens is 1. The van der Waals surface area contributed by atoms with Gasteiger partial charge in [-0.15, -0.1) is 0 Å². The fraction of sp³-hybridized carbons (Fsp3) is 0.370. The quantitative estimate of drug-likeness (QED) is 0.363. The molecule has 2 aromatic carbocycles. The van der Waals surface area contributed by atoms with Crippen molar-refractivity contribution >= 4 is 55.7 Å². The molecule has 1 aliphatic heterocycles. The summed E-state index contributed by atoms with van der Waals surface area (Å²) < 4.78 is 66.5. The van der Waals surface area contributed by atoms with Crippen LogP contribution in [-0.4, -0.2) is 61.5 Å². The number of rotatable bonds is 7. The number of alkyl halides is 3. The Morgan fingerprint density at radius 1 is 1.05 bits per heavy atom. The largest absolute Gasteiger partial charge is 0.433 e. The molecular formula is C27H27ClF3N5O4S. The van der Waals surface area contributed by atoms with Crippen LogP contribution in [-0.2, 0) is 21.0 Å². The third-order valence-electron chi connectivity index (χ3n) is 6.87. The number of piperidine rings is 1. The van der Waals surface area contributed by atoms with Gasteiger partial charge in [0.15, 0.2) is 0 Å². The van der Waals surface area contributed by atoms with Gasteiger partial charge in [0.2, 0.25) is 15.9 Å². The zero-order chi connectivity index (χ0) is 29.5. The Morgan fingerprint density at radius 2 is 1.78 bits per heavy atom. The molecule has 2 heterocycles. The van der Waals surface area contributed by atoms with Crippen LogP contribution >= 0.6 is 11.6 Å². The number of nitrogens with zero attached hydrogens (tertiary/aromatic N) is 2. The Hall–Kier alpha value is -3.58. The number of hydrogen-bond acceptors (Lipinski definition) is 6. The standard InChI is InChI=1S/C27H27ClF3N5O4S/c1-41(39,40)35-18-4-2-3-16(9-18)25(37)33-20-11-19(13-36(14-20)26(38)15-5-6-15)32-23-12-24(27(29,30)31)34-22-8-7-17(28)10-21(22)23/h2-4,7-10,12,15,19-20,35H,5-6,11,13-14H2,1H3,(H,32,34)(H,33,37)/t19-,20?/m1/s1. The number of fused-ring (bicyclic) bond motifs is 1. The predicted molar refractivity (Wildman–Crippen MR) is 149 cm³/mol. The highest BCUT2D eigenvalue weighted by atomic mass is 35.5. The van der Waals surface area contributed by atoms with Crippen LogP contribution in [0, 0.1) is 5.92 Å². The number of carbonyl (C=O) groups is 2. The Bertz CT molecular complexity index is 1610. The van der Waals surface area contributed by atoms with E-state index < -0.39 is 39.9 Å². The number of hydrogen-bond donors (Lipinski definition) is 3. The van der Waals surface area contributed by atoms with Crippen LogP contribution in [0.1, 0.15) is 35.3 Å². The lowest BCUT2D eigenvalue weighted by Crippen LogP contribution is -2.56. The zero-order valence-corrected chi connectivity index (χ0v) is 23.4. The van der Waals surface area contributed by atoms with Crippen molar-refractivity contribution in [2.24, 2.45) is 5.92 Å². The summed E-state index contributed by atoms with van der Waals surface area (Å²) >= 11 is 6.14. The molecule has 1 aliphatic carbocycles. The first-order valence-electron chi connectivity index (χ1n) is 12.9. The second kappa shape index (κ2) is 11.0. The molecule has 2 fully saturated rings. The fourth-order valence-electron chi connectivity index (χ4n) is 4.97. The maximum Gasteiger partial charge on any atom is 0.433 e. The van der Waals surface area contributed by atoms with Crippen LogP contribution in [0.5, 0.6) is 0 Å². The minimum atomic E-state index is -4.68. The van der Waals surface area contributed by atoms with E-state index in [2.05, 4.69) is 20.3 Å². The number of carbonyl (C=O) groups excluding carboxylic acids is 2. The molecule has 0 spiro atoms. The van der Waals surface area contributed by atoms with E-state index in [0.29, 0.717) is 16.8 Å². The summed E-state index contributed by atoms with van der Waals surface area (Å²) in [7, 11) is -3.55. The van der Waals surface area contributed by atoms with Gasteiger partial charge in [-0.1, -0.05) is 17.7 Å². The molecule has 2 aliphatic rings. The average molecular weight is 610 g/mol. The first-order valence-corrected chi connectivity index (χ1v) is 15.1. The maximum absolute atomic E-state index is 13.6. The van der Waals surface area contributed by atoms with E-state index in [1.807, 2.05) is 0 Å². The highest BCUT2D eigenvalue weighted by Crippen LogP contribution is 2.36. The molecule has 2 amide bonds. The van der Waals surface area contributed by atoms with Crippen molar-refractivity contribution in [3.05, 3.63) is 64.8 Å². The van der Waals surface area contributed by atoms with Gasteiger partial charge in [-0.3, -0.25) is 14.3 Å². The second-order valence-corrected chi connectivity index (χ2v) is 12.6. The third kappa shape index (κ3) is 7.20. The van der Waals surface area contributed by atoms with Crippen molar-refractivity contribution in [3.63, 3.8) is 0 Å². The van der Waals surface area contributed by atoms with Crippen LogP contribution < -0.4 is 15.4 Å². The summed E-state index contributed by atoms with van der Waals surface area (Å²) in [6, 6.07) is 10.3. The Kier molecular flexibility index (Phi) is 7.77. The SMILES string of the molecule is CS(=O)(=O)Nc1cccc(C(=O)NC2C[C@@H](Nc3cc(C(F)(F)F)nc4ccc(Cl)cc34)CN(C(=O)C3CC3)C2)c1. The molecule has 1 saturated carbocycles. The van der Waals surface area contributed by atoms with Gasteiger partial charge in [0.1, 0.15) is 5.69 Å². The van der Waals surface area contributed by atoms with E-state index in [1.165, 1.54) is 42.5 Å². The predicted octanol–water partition coefficient (Wildman–Crippen LogP) is 4.50. The minimum Gasteiger partial charge on any atom is -0.380 e. The summed E-state index contributed by atoms with van der Waals surface area (Å²) in [5, 5.41) is 6.79. The highest BCUT2D eigenvalue weighted by Gasteiger charge is 2.39. The van der Waals surface area contributed by atoms with Gasteiger partial charge < -0.3 is 15.5 Å². The van der Waals surface area contributed by atoms with Gasteiger partial charge in [-0.05, 0) is 61.7 Å². The topological polar surface area (TPSA) is 120 Å². The third-order valence-corrected chi connectivity index (χ3v) is 7.71. The van der Waals surface area contributed by atoms with Crippen molar-refractivity contribution < 1.29 is 31.2 Å². The number of sulfonamides is 1. The van der Waals surface area contributed by atoms with E-state index in [9.17, 15) is 31.2 Å². The van der Waals surface area contributed by atoms with Crippen molar-refractivity contribution in [1.29, 1.82) is 0 Å². The Morgan fingerprint density at radius 3 is 2.46 bits per heavy atom. The molecule has 5 rings (SSSR count). The zero-order valence-electron chi connectivity index (χ0n) is 21.8. The summed E-state index contributed by atoms with van der Waals surface area (Å²) in [5.41, 5.74) is -0.360. The molecule has 1 saturated heterocycles. The number of anilines is 2. The van der Waals surface area contributed by atoms with E-state index in [1.54, 1.807) is 4.90 Å². The fourth-order valence-corrected chi connectivity index (χ4v) is 5.69. The normalized spacial score (nSPS) is 19.6. The lowest BCUT2D eigenvalue weighted by Gasteiger charge is -2.39. The van der Waals surface area contributed by atoms with E-state index in [4.69, 9.17) is 11.6 Å². The molecule has 14 heteroatoms. The number of nitrogens with one attached hydrogen (secondary N) is 3. The Labute approximate surface area is 239 Å². The average Bonchev–Trinajstić information content (AvgIpc) is 3.72. The lowest BCUT2D eigenvalue weighted by atomic mass is 9.98. The molecule has 9 nitrogen and oxygen atoms in total. The summed E-state index contributed by atoms with van der Waals surface area (Å²) in [6.45, 7) is 0.471. The van der Waals surface area contributed by atoms with Crippen LogP contribution in [0.3, 0.4) is 0 Å². The van der Waals surface area contributed by atoms with E-state index >= 15 is 0 Å². The summed E-state index contributed by atoms with van der Waals surface area (Å²) in [6.07, 6.45) is -1.83.